The van der Waals surface area contributed by atoms with Gasteiger partial charge in [-0.25, -0.2) is 17.2 Å². The molecule has 3 nitrogen and oxygen atoms in total. The number of halogens is 2. The summed E-state index contributed by atoms with van der Waals surface area (Å²) >= 11 is 0. The fourth-order valence-electron chi connectivity index (χ4n) is 3.11. The van der Waals surface area contributed by atoms with Crippen molar-refractivity contribution in [3.05, 3.63) is 35.4 Å². The van der Waals surface area contributed by atoms with Crippen LogP contribution in [-0.2, 0) is 9.84 Å². The minimum Gasteiger partial charge on any atom is -0.312 e. The smallest absolute Gasteiger partial charge is 0.159 e. The third kappa shape index (κ3) is 4.26. The van der Waals surface area contributed by atoms with Crippen molar-refractivity contribution >= 4 is 9.84 Å². The summed E-state index contributed by atoms with van der Waals surface area (Å²) < 4.78 is 50.0. The molecular weight excluding hydrogens is 308 g/mol. The number of rotatable bonds is 5. The molecule has 0 saturated heterocycles. The van der Waals surface area contributed by atoms with Crippen LogP contribution in [0.5, 0.6) is 0 Å². The maximum Gasteiger partial charge on any atom is 0.159 e. The lowest BCUT2D eigenvalue weighted by atomic mass is 9.93. The van der Waals surface area contributed by atoms with Gasteiger partial charge < -0.3 is 5.32 Å². The SMILES string of the molecule is C[C@H](CN[C@@H]1CCCC[C@H]1S(C)(=O)=O)c1ccc(F)c(F)c1. The van der Waals surface area contributed by atoms with E-state index in [9.17, 15) is 17.2 Å². The summed E-state index contributed by atoms with van der Waals surface area (Å²) in [4.78, 5) is 0. The molecule has 1 N–H and O–H groups in total. The lowest BCUT2D eigenvalue weighted by Crippen LogP contribution is -2.47. The van der Waals surface area contributed by atoms with E-state index < -0.39 is 21.5 Å². The molecule has 6 heteroatoms. The van der Waals surface area contributed by atoms with Crippen LogP contribution in [0.15, 0.2) is 18.2 Å². The van der Waals surface area contributed by atoms with Gasteiger partial charge in [0.25, 0.3) is 0 Å². The Bertz CT molecular complexity index is 619. The molecule has 1 aliphatic rings. The van der Waals surface area contributed by atoms with E-state index in [-0.39, 0.29) is 17.2 Å². The monoisotopic (exact) mass is 331 g/mol. The summed E-state index contributed by atoms with van der Waals surface area (Å²) in [5.41, 5.74) is 0.707. The first-order valence-electron chi connectivity index (χ1n) is 7.66. The first-order chi connectivity index (χ1) is 10.3. The fourth-order valence-corrected chi connectivity index (χ4v) is 4.53. The van der Waals surface area contributed by atoms with Crippen molar-refractivity contribution in [1.29, 1.82) is 0 Å². The predicted octanol–water partition coefficient (Wildman–Crippen LogP) is 3.01. The van der Waals surface area contributed by atoms with Crippen LogP contribution >= 0.6 is 0 Å². The van der Waals surface area contributed by atoms with Crippen molar-refractivity contribution < 1.29 is 17.2 Å². The summed E-state index contributed by atoms with van der Waals surface area (Å²) in [5.74, 6) is -1.72. The maximum atomic E-state index is 13.3. The number of sulfone groups is 1. The van der Waals surface area contributed by atoms with Gasteiger partial charge in [-0.1, -0.05) is 25.8 Å². The zero-order chi connectivity index (χ0) is 16.3. The van der Waals surface area contributed by atoms with E-state index in [1.54, 1.807) is 6.07 Å². The van der Waals surface area contributed by atoms with Gasteiger partial charge in [0.2, 0.25) is 0 Å². The molecule has 1 aliphatic carbocycles. The molecule has 3 atom stereocenters. The molecule has 0 heterocycles. The lowest BCUT2D eigenvalue weighted by molar-refractivity contribution is 0.366. The van der Waals surface area contributed by atoms with E-state index in [0.717, 1.165) is 25.3 Å². The Morgan fingerprint density at radius 1 is 1.23 bits per heavy atom. The lowest BCUT2D eigenvalue weighted by Gasteiger charge is -2.32. The van der Waals surface area contributed by atoms with E-state index >= 15 is 0 Å². The first kappa shape index (κ1) is 17.3. The predicted molar refractivity (Wildman–Crippen MR) is 83.7 cm³/mol. The largest absolute Gasteiger partial charge is 0.312 e. The molecule has 124 valence electrons. The molecule has 0 bridgehead atoms. The van der Waals surface area contributed by atoms with Crippen LogP contribution in [0, 0.1) is 11.6 Å². The average molecular weight is 331 g/mol. The van der Waals surface area contributed by atoms with Crippen molar-refractivity contribution in [3.8, 4) is 0 Å². The molecule has 0 aromatic heterocycles. The molecule has 0 aliphatic heterocycles. The minimum atomic E-state index is -3.07. The van der Waals surface area contributed by atoms with Crippen molar-refractivity contribution in [2.75, 3.05) is 12.8 Å². The van der Waals surface area contributed by atoms with E-state index in [1.807, 2.05) is 6.92 Å². The van der Waals surface area contributed by atoms with Crippen molar-refractivity contribution in [1.82, 2.24) is 5.32 Å². The molecule has 0 amide bonds. The van der Waals surface area contributed by atoms with E-state index in [1.165, 1.54) is 12.3 Å². The Kier molecular flexibility index (Phi) is 5.55. The van der Waals surface area contributed by atoms with Gasteiger partial charge in [0, 0.05) is 18.8 Å². The molecule has 1 saturated carbocycles. The Morgan fingerprint density at radius 2 is 1.91 bits per heavy atom. The van der Waals surface area contributed by atoms with Crippen molar-refractivity contribution in [3.63, 3.8) is 0 Å². The van der Waals surface area contributed by atoms with Crippen molar-refractivity contribution in [2.24, 2.45) is 0 Å². The Labute approximate surface area is 131 Å². The number of hydrogen-bond donors (Lipinski definition) is 1. The quantitative estimate of drug-likeness (QED) is 0.902. The Morgan fingerprint density at radius 3 is 2.55 bits per heavy atom. The van der Waals surface area contributed by atoms with E-state index in [2.05, 4.69) is 5.32 Å². The van der Waals surface area contributed by atoms with Gasteiger partial charge in [-0.2, -0.15) is 0 Å². The summed E-state index contributed by atoms with van der Waals surface area (Å²) in [6, 6.07) is 3.84. The molecule has 1 fully saturated rings. The zero-order valence-electron chi connectivity index (χ0n) is 13.0. The third-order valence-electron chi connectivity index (χ3n) is 4.45. The van der Waals surface area contributed by atoms with E-state index in [0.29, 0.717) is 18.5 Å². The summed E-state index contributed by atoms with van der Waals surface area (Å²) in [6.07, 6.45) is 4.77. The second-order valence-electron chi connectivity index (χ2n) is 6.24. The zero-order valence-corrected chi connectivity index (χ0v) is 13.8. The van der Waals surface area contributed by atoms with Gasteiger partial charge in [-0.05, 0) is 36.5 Å². The number of nitrogens with one attached hydrogen (secondary N) is 1. The van der Waals surface area contributed by atoms with Crippen LogP contribution in [-0.4, -0.2) is 32.5 Å². The third-order valence-corrected chi connectivity index (χ3v) is 6.12. The molecule has 1 aromatic rings. The maximum absolute atomic E-state index is 13.3. The second-order valence-corrected chi connectivity index (χ2v) is 8.51. The van der Waals surface area contributed by atoms with Gasteiger partial charge in [0.15, 0.2) is 21.5 Å². The number of hydrogen-bond acceptors (Lipinski definition) is 3. The molecule has 0 radical (unpaired) electrons. The Balaban J connectivity index is 1.99. The van der Waals surface area contributed by atoms with Gasteiger partial charge in [0.05, 0.1) is 5.25 Å². The highest BCUT2D eigenvalue weighted by atomic mass is 32.2. The highest BCUT2D eigenvalue weighted by Gasteiger charge is 2.32. The van der Waals surface area contributed by atoms with Crippen LogP contribution < -0.4 is 5.32 Å². The van der Waals surface area contributed by atoms with Crippen LogP contribution in [0.3, 0.4) is 0 Å². The topological polar surface area (TPSA) is 46.2 Å². The summed E-state index contributed by atoms with van der Waals surface area (Å²) in [6.45, 7) is 2.46. The van der Waals surface area contributed by atoms with Crippen LogP contribution in [0.4, 0.5) is 8.78 Å². The number of benzene rings is 1. The van der Waals surface area contributed by atoms with Crippen molar-refractivity contribution in [2.45, 2.75) is 49.8 Å². The highest BCUT2D eigenvalue weighted by Crippen LogP contribution is 2.25. The fraction of sp³-hybridized carbons (Fsp3) is 0.625. The first-order valence-corrected chi connectivity index (χ1v) is 9.61. The normalized spacial score (nSPS) is 24.2. The highest BCUT2D eigenvalue weighted by molar-refractivity contribution is 7.91. The summed E-state index contributed by atoms with van der Waals surface area (Å²) in [7, 11) is -3.07. The van der Waals surface area contributed by atoms with Crippen LogP contribution in [0.2, 0.25) is 0 Å². The van der Waals surface area contributed by atoms with Crippen LogP contribution in [0.1, 0.15) is 44.1 Å². The second kappa shape index (κ2) is 7.04. The molecule has 0 spiro atoms. The molecule has 2 rings (SSSR count). The average Bonchev–Trinajstić information content (AvgIpc) is 2.47. The molecule has 0 unspecified atom stereocenters. The summed E-state index contributed by atoms with van der Waals surface area (Å²) in [5, 5.41) is 2.97. The van der Waals surface area contributed by atoms with Gasteiger partial charge >= 0.3 is 0 Å². The van der Waals surface area contributed by atoms with Gasteiger partial charge in [-0.3, -0.25) is 0 Å². The molecule has 22 heavy (non-hydrogen) atoms. The Hall–Kier alpha value is -1.01. The van der Waals surface area contributed by atoms with Gasteiger partial charge in [-0.15, -0.1) is 0 Å². The van der Waals surface area contributed by atoms with Crippen LogP contribution in [0.25, 0.3) is 0 Å². The molecular formula is C16H23F2NO2S. The minimum absolute atomic E-state index is 0.0164. The standard InChI is InChI=1S/C16H23F2NO2S/c1-11(12-7-8-13(17)14(18)9-12)10-19-15-5-3-4-6-16(15)22(2,20)21/h7-9,11,15-16,19H,3-6,10H2,1-2H3/t11-,15-,16-/m1/s1. The van der Waals surface area contributed by atoms with Gasteiger partial charge in [0.1, 0.15) is 0 Å². The molecule has 1 aromatic carbocycles. The van der Waals surface area contributed by atoms with E-state index in [4.69, 9.17) is 0 Å².